The highest BCUT2D eigenvalue weighted by Gasteiger charge is 2.22. The van der Waals surface area contributed by atoms with E-state index in [1.165, 1.54) is 17.5 Å². The first-order valence-electron chi connectivity index (χ1n) is 9.07. The second-order valence-electron chi connectivity index (χ2n) is 6.31. The van der Waals surface area contributed by atoms with Crippen LogP contribution in [-0.4, -0.2) is 57.3 Å². The van der Waals surface area contributed by atoms with E-state index in [9.17, 15) is 0 Å². The van der Waals surface area contributed by atoms with Gasteiger partial charge < -0.3 is 15.4 Å². The molecule has 2 rings (SSSR count). The molecule has 1 atom stereocenters. The largest absolute Gasteiger partial charge is 0.379 e. The normalized spacial score (nSPS) is 17.5. The first-order valence-corrected chi connectivity index (χ1v) is 9.07. The standard InChI is InChI=1S/C19H32N4O/c1-4-5-9-21-19(20-3)22-15-18(23-10-12-24-13-11-23)17-8-6-7-16(2)14-17/h6-8,14,18H,4-5,9-13,15H2,1-3H3,(H2,20,21,22). The van der Waals surface area contributed by atoms with Crippen molar-refractivity contribution in [1.29, 1.82) is 0 Å². The van der Waals surface area contributed by atoms with Crippen molar-refractivity contribution in [1.82, 2.24) is 15.5 Å². The van der Waals surface area contributed by atoms with Crippen LogP contribution in [-0.2, 0) is 4.74 Å². The van der Waals surface area contributed by atoms with E-state index in [2.05, 4.69) is 58.6 Å². The van der Waals surface area contributed by atoms with E-state index in [1.807, 2.05) is 7.05 Å². The molecule has 2 N–H and O–H groups in total. The van der Waals surface area contributed by atoms with Gasteiger partial charge in [-0.2, -0.15) is 0 Å². The van der Waals surface area contributed by atoms with Crippen LogP contribution in [0.25, 0.3) is 0 Å². The van der Waals surface area contributed by atoms with Gasteiger partial charge in [0.15, 0.2) is 5.96 Å². The lowest BCUT2D eigenvalue weighted by molar-refractivity contribution is 0.0170. The average molecular weight is 332 g/mol. The number of nitrogens with one attached hydrogen (secondary N) is 2. The summed E-state index contributed by atoms with van der Waals surface area (Å²) in [4.78, 5) is 6.84. The van der Waals surface area contributed by atoms with Crippen LogP contribution in [0.2, 0.25) is 0 Å². The van der Waals surface area contributed by atoms with Crippen LogP contribution in [0.5, 0.6) is 0 Å². The smallest absolute Gasteiger partial charge is 0.191 e. The van der Waals surface area contributed by atoms with E-state index in [0.717, 1.165) is 51.8 Å². The van der Waals surface area contributed by atoms with E-state index >= 15 is 0 Å². The molecule has 0 saturated carbocycles. The fraction of sp³-hybridized carbons (Fsp3) is 0.632. The Balaban J connectivity index is 2.02. The average Bonchev–Trinajstić information content (AvgIpc) is 2.61. The van der Waals surface area contributed by atoms with Crippen LogP contribution in [0.15, 0.2) is 29.3 Å². The highest BCUT2D eigenvalue weighted by Crippen LogP contribution is 2.22. The van der Waals surface area contributed by atoms with Crippen molar-refractivity contribution in [2.24, 2.45) is 4.99 Å². The van der Waals surface area contributed by atoms with Gasteiger partial charge in [0, 0.05) is 33.2 Å². The quantitative estimate of drug-likeness (QED) is 0.457. The van der Waals surface area contributed by atoms with Gasteiger partial charge in [-0.05, 0) is 18.9 Å². The number of ether oxygens (including phenoxy) is 1. The third-order valence-electron chi connectivity index (χ3n) is 4.42. The van der Waals surface area contributed by atoms with Gasteiger partial charge in [0.25, 0.3) is 0 Å². The van der Waals surface area contributed by atoms with E-state index in [0.29, 0.717) is 6.04 Å². The van der Waals surface area contributed by atoms with E-state index < -0.39 is 0 Å². The Bertz CT molecular complexity index is 512. The molecule has 0 bridgehead atoms. The monoisotopic (exact) mass is 332 g/mol. The minimum atomic E-state index is 0.332. The fourth-order valence-corrected chi connectivity index (χ4v) is 3.02. The van der Waals surface area contributed by atoms with Gasteiger partial charge in [-0.3, -0.25) is 9.89 Å². The first-order chi connectivity index (χ1) is 11.7. The number of hydrogen-bond acceptors (Lipinski definition) is 3. The van der Waals surface area contributed by atoms with Crippen molar-refractivity contribution in [2.45, 2.75) is 32.7 Å². The Labute approximate surface area is 146 Å². The van der Waals surface area contributed by atoms with Gasteiger partial charge in [0.05, 0.1) is 19.3 Å². The zero-order valence-electron chi connectivity index (χ0n) is 15.3. The van der Waals surface area contributed by atoms with E-state index in [-0.39, 0.29) is 0 Å². The molecule has 1 fully saturated rings. The van der Waals surface area contributed by atoms with Crippen molar-refractivity contribution in [3.63, 3.8) is 0 Å². The molecule has 0 amide bonds. The van der Waals surface area contributed by atoms with Gasteiger partial charge in [0.2, 0.25) is 0 Å². The summed E-state index contributed by atoms with van der Waals surface area (Å²) in [5.74, 6) is 0.884. The summed E-state index contributed by atoms with van der Waals surface area (Å²) in [6.07, 6.45) is 2.34. The number of morpholine rings is 1. The van der Waals surface area contributed by atoms with Crippen LogP contribution < -0.4 is 10.6 Å². The lowest BCUT2D eigenvalue weighted by Gasteiger charge is -2.35. The second-order valence-corrected chi connectivity index (χ2v) is 6.31. The molecule has 24 heavy (non-hydrogen) atoms. The van der Waals surface area contributed by atoms with Crippen LogP contribution in [0, 0.1) is 6.92 Å². The summed E-state index contributed by atoms with van der Waals surface area (Å²) in [7, 11) is 1.83. The van der Waals surface area contributed by atoms with E-state index in [1.54, 1.807) is 0 Å². The van der Waals surface area contributed by atoms with Gasteiger partial charge in [-0.1, -0.05) is 43.2 Å². The Morgan fingerprint density at radius 2 is 2.08 bits per heavy atom. The molecule has 1 aliphatic rings. The number of rotatable bonds is 7. The Hall–Kier alpha value is -1.59. The molecule has 0 radical (unpaired) electrons. The van der Waals surface area contributed by atoms with Gasteiger partial charge in [-0.15, -0.1) is 0 Å². The molecule has 1 heterocycles. The number of hydrogen-bond donors (Lipinski definition) is 2. The Morgan fingerprint density at radius 3 is 2.75 bits per heavy atom. The summed E-state index contributed by atoms with van der Waals surface area (Å²) in [5, 5.41) is 6.89. The predicted molar refractivity (Wildman–Crippen MR) is 101 cm³/mol. The van der Waals surface area contributed by atoms with Crippen LogP contribution in [0.3, 0.4) is 0 Å². The molecule has 0 spiro atoms. The van der Waals surface area contributed by atoms with Crippen molar-refractivity contribution in [3.05, 3.63) is 35.4 Å². The predicted octanol–water partition coefficient (Wildman–Crippen LogP) is 2.33. The molecule has 1 aliphatic heterocycles. The molecule has 5 heteroatoms. The zero-order valence-corrected chi connectivity index (χ0v) is 15.3. The number of aryl methyl sites for hydroxylation is 1. The number of aliphatic imine (C=N–C) groups is 1. The molecular weight excluding hydrogens is 300 g/mol. The zero-order chi connectivity index (χ0) is 17.2. The molecular formula is C19H32N4O. The molecule has 1 aromatic rings. The van der Waals surface area contributed by atoms with Gasteiger partial charge in [-0.25, -0.2) is 0 Å². The molecule has 0 aliphatic carbocycles. The molecule has 134 valence electrons. The maximum Gasteiger partial charge on any atom is 0.191 e. The first kappa shape index (κ1) is 18.7. The highest BCUT2D eigenvalue weighted by molar-refractivity contribution is 5.79. The Morgan fingerprint density at radius 1 is 1.29 bits per heavy atom. The van der Waals surface area contributed by atoms with Crippen molar-refractivity contribution in [2.75, 3.05) is 46.4 Å². The third-order valence-corrected chi connectivity index (χ3v) is 4.42. The molecule has 0 aromatic heterocycles. The number of nitrogens with zero attached hydrogens (tertiary/aromatic N) is 2. The van der Waals surface area contributed by atoms with Crippen LogP contribution in [0.4, 0.5) is 0 Å². The second kappa shape index (κ2) is 10.3. The lowest BCUT2D eigenvalue weighted by Crippen LogP contribution is -2.46. The van der Waals surface area contributed by atoms with E-state index in [4.69, 9.17) is 4.74 Å². The van der Waals surface area contributed by atoms with Crippen molar-refractivity contribution in [3.8, 4) is 0 Å². The maximum atomic E-state index is 5.52. The maximum absolute atomic E-state index is 5.52. The third kappa shape index (κ3) is 5.80. The summed E-state index contributed by atoms with van der Waals surface area (Å²) in [6, 6.07) is 9.14. The Kier molecular flexibility index (Phi) is 8.05. The molecule has 5 nitrogen and oxygen atoms in total. The summed E-state index contributed by atoms with van der Waals surface area (Å²) in [5.41, 5.74) is 2.66. The molecule has 1 unspecified atom stereocenters. The minimum absolute atomic E-state index is 0.332. The van der Waals surface area contributed by atoms with Crippen LogP contribution in [0.1, 0.15) is 36.9 Å². The number of unbranched alkanes of at least 4 members (excludes halogenated alkanes) is 1. The van der Waals surface area contributed by atoms with Crippen molar-refractivity contribution < 1.29 is 4.74 Å². The SMILES string of the molecule is CCCCNC(=NC)NCC(c1cccc(C)c1)N1CCOCC1. The van der Waals surface area contributed by atoms with Gasteiger partial charge >= 0.3 is 0 Å². The minimum Gasteiger partial charge on any atom is -0.379 e. The van der Waals surface area contributed by atoms with Crippen LogP contribution >= 0.6 is 0 Å². The number of guanidine groups is 1. The highest BCUT2D eigenvalue weighted by atomic mass is 16.5. The molecule has 1 aromatic carbocycles. The number of benzene rings is 1. The van der Waals surface area contributed by atoms with Crippen molar-refractivity contribution >= 4 is 5.96 Å². The topological polar surface area (TPSA) is 48.9 Å². The fourth-order valence-electron chi connectivity index (χ4n) is 3.02. The molecule has 1 saturated heterocycles. The lowest BCUT2D eigenvalue weighted by atomic mass is 10.0. The summed E-state index contributed by atoms with van der Waals surface area (Å²) >= 11 is 0. The van der Waals surface area contributed by atoms with Gasteiger partial charge in [0.1, 0.15) is 0 Å². The summed E-state index contributed by atoms with van der Waals surface area (Å²) < 4.78 is 5.52. The summed E-state index contributed by atoms with van der Waals surface area (Å²) in [6.45, 7) is 9.72.